The predicted octanol–water partition coefficient (Wildman–Crippen LogP) is 3.32. The second kappa shape index (κ2) is 5.46. The van der Waals surface area contributed by atoms with Gasteiger partial charge in [0.05, 0.1) is 15.7 Å². The first-order chi connectivity index (χ1) is 9.38. The van der Waals surface area contributed by atoms with E-state index in [0.717, 1.165) is 0 Å². The Balaban J connectivity index is 2.35. The number of nitrogens with zero attached hydrogens (tertiary/aromatic N) is 1. The third-order valence-corrected chi connectivity index (χ3v) is 3.29. The molecule has 0 aliphatic rings. The summed E-state index contributed by atoms with van der Waals surface area (Å²) in [7, 11) is 0. The fraction of sp³-hybridized carbons (Fsp3) is 0.0769. The molecule has 7 heteroatoms. The Morgan fingerprint density at radius 2 is 2.15 bits per heavy atom. The molecule has 1 heterocycles. The zero-order chi connectivity index (χ0) is 14.9. The van der Waals surface area contributed by atoms with Crippen molar-refractivity contribution in [1.82, 2.24) is 4.98 Å². The first kappa shape index (κ1) is 14.3. The molecule has 0 aliphatic carbocycles. The number of pyridine rings is 1. The Labute approximate surface area is 122 Å². The van der Waals surface area contributed by atoms with Crippen LogP contribution in [0.25, 0.3) is 0 Å². The van der Waals surface area contributed by atoms with E-state index in [0.29, 0.717) is 21.5 Å². The molecule has 0 fully saturated rings. The second-order valence-electron chi connectivity index (χ2n) is 4.17. The zero-order valence-corrected chi connectivity index (χ0v) is 12.0. The van der Waals surface area contributed by atoms with Crippen LogP contribution in [0.15, 0.2) is 28.9 Å². The van der Waals surface area contributed by atoms with Gasteiger partial charge in [-0.15, -0.1) is 0 Å². The molecule has 0 radical (unpaired) electrons. The lowest BCUT2D eigenvalue weighted by atomic mass is 10.2. The molecule has 0 amide bonds. The molecule has 1 aromatic carbocycles. The minimum Gasteiger partial charge on any atom is -0.478 e. The fourth-order valence-corrected chi connectivity index (χ4v) is 1.96. The Morgan fingerprint density at radius 1 is 1.45 bits per heavy atom. The molecular formula is C13H11BrFN3O2. The standard InChI is InChI=1S/C13H11BrFN3O2/c1-6-2-9(15)8(14)4-11(6)18-12-10(16)3-7(5-17-12)13(19)20/h2-5H,16H2,1H3,(H,17,18)(H,19,20). The van der Waals surface area contributed by atoms with E-state index >= 15 is 0 Å². The average molecular weight is 340 g/mol. The lowest BCUT2D eigenvalue weighted by Crippen LogP contribution is -2.04. The summed E-state index contributed by atoms with van der Waals surface area (Å²) < 4.78 is 13.7. The highest BCUT2D eigenvalue weighted by Crippen LogP contribution is 2.28. The number of rotatable bonds is 3. The molecule has 0 spiro atoms. The van der Waals surface area contributed by atoms with Crippen LogP contribution in [0.2, 0.25) is 0 Å². The maximum absolute atomic E-state index is 13.3. The van der Waals surface area contributed by atoms with Crippen LogP contribution in [0.5, 0.6) is 0 Å². The molecule has 0 atom stereocenters. The number of hydrogen-bond donors (Lipinski definition) is 3. The average Bonchev–Trinajstić information content (AvgIpc) is 2.37. The van der Waals surface area contributed by atoms with Gasteiger partial charge in [-0.05, 0) is 46.6 Å². The minimum absolute atomic E-state index is 0.00468. The summed E-state index contributed by atoms with van der Waals surface area (Å²) in [6.07, 6.45) is 1.20. The van der Waals surface area contributed by atoms with Crippen LogP contribution in [0.1, 0.15) is 15.9 Å². The van der Waals surface area contributed by atoms with Crippen molar-refractivity contribution in [3.63, 3.8) is 0 Å². The number of hydrogen-bond acceptors (Lipinski definition) is 4. The van der Waals surface area contributed by atoms with Crippen LogP contribution < -0.4 is 11.1 Å². The number of aromatic nitrogens is 1. The second-order valence-corrected chi connectivity index (χ2v) is 5.03. The van der Waals surface area contributed by atoms with Gasteiger partial charge in [0, 0.05) is 11.9 Å². The Morgan fingerprint density at radius 3 is 2.75 bits per heavy atom. The molecule has 20 heavy (non-hydrogen) atoms. The zero-order valence-electron chi connectivity index (χ0n) is 10.4. The van der Waals surface area contributed by atoms with Gasteiger partial charge in [0.1, 0.15) is 5.82 Å². The molecule has 2 rings (SSSR count). The minimum atomic E-state index is -1.10. The number of nitrogens with two attached hydrogens (primary N) is 1. The third kappa shape index (κ3) is 2.88. The van der Waals surface area contributed by atoms with Crippen molar-refractivity contribution in [3.8, 4) is 0 Å². The molecular weight excluding hydrogens is 329 g/mol. The van der Waals surface area contributed by atoms with Crippen LogP contribution in [-0.2, 0) is 0 Å². The normalized spacial score (nSPS) is 10.3. The first-order valence-corrected chi connectivity index (χ1v) is 6.39. The molecule has 1 aromatic heterocycles. The van der Waals surface area contributed by atoms with E-state index in [4.69, 9.17) is 10.8 Å². The Kier molecular flexibility index (Phi) is 3.89. The molecule has 0 saturated heterocycles. The van der Waals surface area contributed by atoms with Gasteiger partial charge in [-0.1, -0.05) is 0 Å². The van der Waals surface area contributed by atoms with Gasteiger partial charge in [-0.3, -0.25) is 0 Å². The lowest BCUT2D eigenvalue weighted by molar-refractivity contribution is 0.0696. The highest BCUT2D eigenvalue weighted by Gasteiger charge is 2.10. The summed E-state index contributed by atoms with van der Waals surface area (Å²) in [5, 5.41) is 11.8. The molecule has 104 valence electrons. The van der Waals surface area contributed by atoms with Crippen molar-refractivity contribution < 1.29 is 14.3 Å². The number of anilines is 3. The summed E-state index contributed by atoms with van der Waals surface area (Å²) >= 11 is 3.10. The summed E-state index contributed by atoms with van der Waals surface area (Å²) in [6, 6.07) is 4.25. The molecule has 0 saturated carbocycles. The van der Waals surface area contributed by atoms with E-state index < -0.39 is 5.97 Å². The van der Waals surface area contributed by atoms with E-state index in [1.807, 2.05) is 0 Å². The maximum atomic E-state index is 13.3. The highest BCUT2D eigenvalue weighted by atomic mass is 79.9. The molecule has 4 N–H and O–H groups in total. The lowest BCUT2D eigenvalue weighted by Gasteiger charge is -2.12. The van der Waals surface area contributed by atoms with Gasteiger partial charge >= 0.3 is 5.97 Å². The van der Waals surface area contributed by atoms with Crippen LogP contribution in [0.4, 0.5) is 21.6 Å². The Bertz CT molecular complexity index is 692. The number of benzene rings is 1. The van der Waals surface area contributed by atoms with Gasteiger partial charge in [-0.25, -0.2) is 14.2 Å². The van der Waals surface area contributed by atoms with E-state index in [1.165, 1.54) is 18.3 Å². The molecule has 2 aromatic rings. The monoisotopic (exact) mass is 339 g/mol. The van der Waals surface area contributed by atoms with E-state index in [-0.39, 0.29) is 17.1 Å². The third-order valence-electron chi connectivity index (χ3n) is 2.68. The summed E-state index contributed by atoms with van der Waals surface area (Å²) in [5.74, 6) is -1.15. The Hall–Kier alpha value is -2.15. The van der Waals surface area contributed by atoms with Gasteiger partial charge in [-0.2, -0.15) is 0 Å². The van der Waals surface area contributed by atoms with Gasteiger partial charge in [0.25, 0.3) is 0 Å². The number of aromatic carboxylic acids is 1. The van der Waals surface area contributed by atoms with Crippen molar-refractivity contribution in [1.29, 1.82) is 0 Å². The van der Waals surface area contributed by atoms with Crippen LogP contribution in [-0.4, -0.2) is 16.1 Å². The summed E-state index contributed by atoms with van der Waals surface area (Å²) in [6.45, 7) is 1.74. The first-order valence-electron chi connectivity index (χ1n) is 5.60. The van der Waals surface area contributed by atoms with Crippen LogP contribution in [0.3, 0.4) is 0 Å². The van der Waals surface area contributed by atoms with Crippen molar-refractivity contribution in [2.24, 2.45) is 0 Å². The SMILES string of the molecule is Cc1cc(F)c(Br)cc1Nc1ncc(C(=O)O)cc1N. The molecule has 0 bridgehead atoms. The molecule has 0 aliphatic heterocycles. The number of carboxylic acids is 1. The smallest absolute Gasteiger partial charge is 0.337 e. The fourth-order valence-electron chi connectivity index (χ4n) is 1.61. The summed E-state index contributed by atoms with van der Waals surface area (Å²) in [4.78, 5) is 14.8. The van der Waals surface area contributed by atoms with Gasteiger partial charge in [0.15, 0.2) is 5.82 Å². The number of carbonyl (C=O) groups is 1. The number of halogens is 2. The van der Waals surface area contributed by atoms with Crippen molar-refractivity contribution in [3.05, 3.63) is 45.8 Å². The van der Waals surface area contributed by atoms with Crippen molar-refractivity contribution in [2.75, 3.05) is 11.1 Å². The van der Waals surface area contributed by atoms with Gasteiger partial charge < -0.3 is 16.2 Å². The van der Waals surface area contributed by atoms with E-state index in [1.54, 1.807) is 13.0 Å². The van der Waals surface area contributed by atoms with Crippen molar-refractivity contribution in [2.45, 2.75) is 6.92 Å². The quantitative estimate of drug-likeness (QED) is 0.798. The van der Waals surface area contributed by atoms with Gasteiger partial charge in [0.2, 0.25) is 0 Å². The van der Waals surface area contributed by atoms with Crippen LogP contribution in [0, 0.1) is 12.7 Å². The highest BCUT2D eigenvalue weighted by molar-refractivity contribution is 9.10. The van der Waals surface area contributed by atoms with E-state index in [2.05, 4.69) is 26.2 Å². The van der Waals surface area contributed by atoms with Crippen molar-refractivity contribution >= 4 is 39.1 Å². The molecule has 5 nitrogen and oxygen atoms in total. The number of nitrogen functional groups attached to an aromatic ring is 1. The number of carboxylic acid groups (broad SMARTS) is 1. The maximum Gasteiger partial charge on any atom is 0.337 e. The van der Waals surface area contributed by atoms with Crippen LogP contribution >= 0.6 is 15.9 Å². The number of aryl methyl sites for hydroxylation is 1. The number of nitrogens with one attached hydrogen (secondary N) is 1. The topological polar surface area (TPSA) is 88.2 Å². The largest absolute Gasteiger partial charge is 0.478 e. The predicted molar refractivity (Wildman–Crippen MR) is 77.7 cm³/mol. The summed E-state index contributed by atoms with van der Waals surface area (Å²) in [5.41, 5.74) is 7.26. The molecule has 0 unspecified atom stereocenters. The van der Waals surface area contributed by atoms with E-state index in [9.17, 15) is 9.18 Å².